The molecule has 0 aliphatic carbocycles. The Morgan fingerprint density at radius 3 is 2.37 bits per heavy atom. The van der Waals surface area contributed by atoms with Gasteiger partial charge in [0.15, 0.2) is 11.6 Å². The molecule has 0 saturated carbocycles. The van der Waals surface area contributed by atoms with Gasteiger partial charge in [-0.2, -0.15) is 0 Å². The van der Waals surface area contributed by atoms with E-state index in [0.29, 0.717) is 12.1 Å². The van der Waals surface area contributed by atoms with Gasteiger partial charge in [0, 0.05) is 18.8 Å². The number of hydrogen-bond donors (Lipinski definition) is 2. The molecule has 0 aliphatic heterocycles. The van der Waals surface area contributed by atoms with E-state index in [4.69, 9.17) is 16.3 Å². The van der Waals surface area contributed by atoms with Gasteiger partial charge in [-0.15, -0.1) is 0 Å². The van der Waals surface area contributed by atoms with Crippen LogP contribution in [0.15, 0.2) is 41.3 Å². The Hall–Kier alpha value is -2.07. The topological polar surface area (TPSA) is 84.5 Å². The van der Waals surface area contributed by atoms with Gasteiger partial charge in [-0.1, -0.05) is 11.6 Å². The monoisotopic (exact) mass is 418 g/mol. The maximum absolute atomic E-state index is 13.3. The third-order valence-corrected chi connectivity index (χ3v) is 5.37. The van der Waals surface area contributed by atoms with Crippen molar-refractivity contribution < 1.29 is 26.7 Å². The zero-order valence-electron chi connectivity index (χ0n) is 14.4. The van der Waals surface area contributed by atoms with Crippen molar-refractivity contribution in [2.24, 2.45) is 0 Å². The minimum absolute atomic E-state index is 0.00527. The standard InChI is InChI=1S/C17H17ClF2N2O4S/c1-10(9-26-2)22-27(24,25)12-5-3-11(4-6-12)21-17(23)13-7-15(19)16(20)8-14(13)18/h3-8,10,22H,9H2,1-2H3,(H,21,23)/t10-/m1/s1. The normalized spacial score (nSPS) is 12.6. The average molecular weight is 419 g/mol. The number of halogens is 3. The van der Waals surface area contributed by atoms with Gasteiger partial charge in [0.1, 0.15) is 0 Å². The first kappa shape index (κ1) is 21.2. The molecule has 6 nitrogen and oxygen atoms in total. The molecule has 10 heteroatoms. The second-order valence-corrected chi connectivity index (χ2v) is 7.82. The van der Waals surface area contributed by atoms with Crippen LogP contribution in [0.2, 0.25) is 5.02 Å². The van der Waals surface area contributed by atoms with Crippen molar-refractivity contribution in [1.29, 1.82) is 0 Å². The number of methoxy groups -OCH3 is 1. The van der Waals surface area contributed by atoms with Crippen molar-refractivity contribution in [2.75, 3.05) is 19.0 Å². The molecule has 0 fully saturated rings. The number of carbonyl (C=O) groups is 1. The highest BCUT2D eigenvalue weighted by Crippen LogP contribution is 2.22. The first-order valence-electron chi connectivity index (χ1n) is 7.71. The van der Waals surface area contributed by atoms with Gasteiger partial charge < -0.3 is 10.1 Å². The molecule has 1 amide bonds. The summed E-state index contributed by atoms with van der Waals surface area (Å²) in [5.41, 5.74) is 0.00649. The number of sulfonamides is 1. The van der Waals surface area contributed by atoms with E-state index >= 15 is 0 Å². The summed E-state index contributed by atoms with van der Waals surface area (Å²) in [5.74, 6) is -3.13. The van der Waals surface area contributed by atoms with E-state index in [0.717, 1.165) is 0 Å². The number of anilines is 1. The van der Waals surface area contributed by atoms with Crippen molar-refractivity contribution in [3.05, 3.63) is 58.6 Å². The van der Waals surface area contributed by atoms with Crippen LogP contribution in [-0.2, 0) is 14.8 Å². The second-order valence-electron chi connectivity index (χ2n) is 5.70. The quantitative estimate of drug-likeness (QED) is 0.676. The molecule has 0 bridgehead atoms. The fourth-order valence-corrected chi connectivity index (χ4v) is 3.69. The lowest BCUT2D eigenvalue weighted by molar-refractivity contribution is 0.102. The van der Waals surface area contributed by atoms with Gasteiger partial charge >= 0.3 is 0 Å². The first-order chi connectivity index (χ1) is 12.6. The van der Waals surface area contributed by atoms with E-state index in [1.165, 1.54) is 31.4 Å². The maximum Gasteiger partial charge on any atom is 0.257 e. The van der Waals surface area contributed by atoms with Crippen LogP contribution < -0.4 is 10.0 Å². The maximum atomic E-state index is 13.3. The summed E-state index contributed by atoms with van der Waals surface area (Å²) in [4.78, 5) is 12.2. The van der Waals surface area contributed by atoms with E-state index < -0.39 is 33.6 Å². The van der Waals surface area contributed by atoms with E-state index in [9.17, 15) is 22.0 Å². The van der Waals surface area contributed by atoms with Crippen LogP contribution in [0.25, 0.3) is 0 Å². The number of amides is 1. The zero-order valence-corrected chi connectivity index (χ0v) is 16.0. The Balaban J connectivity index is 2.14. The van der Waals surface area contributed by atoms with Crippen LogP contribution in [0.5, 0.6) is 0 Å². The molecule has 0 saturated heterocycles. The van der Waals surface area contributed by atoms with Crippen LogP contribution in [0, 0.1) is 11.6 Å². The highest BCUT2D eigenvalue weighted by Gasteiger charge is 2.18. The molecule has 2 aromatic carbocycles. The van der Waals surface area contributed by atoms with Crippen LogP contribution >= 0.6 is 11.6 Å². The molecule has 146 valence electrons. The van der Waals surface area contributed by atoms with Crippen molar-refractivity contribution in [2.45, 2.75) is 17.9 Å². The lowest BCUT2D eigenvalue weighted by Gasteiger charge is -2.13. The zero-order chi connectivity index (χ0) is 20.2. The van der Waals surface area contributed by atoms with Crippen molar-refractivity contribution in [1.82, 2.24) is 4.72 Å². The molecule has 1 atom stereocenters. The molecule has 2 N–H and O–H groups in total. The highest BCUT2D eigenvalue weighted by atomic mass is 35.5. The predicted octanol–water partition coefficient (Wildman–Crippen LogP) is 3.18. The Morgan fingerprint density at radius 1 is 1.19 bits per heavy atom. The number of ether oxygens (including phenoxy) is 1. The fraction of sp³-hybridized carbons (Fsp3) is 0.235. The molecule has 0 heterocycles. The summed E-state index contributed by atoms with van der Waals surface area (Å²) in [7, 11) is -2.29. The summed E-state index contributed by atoms with van der Waals surface area (Å²) in [6.45, 7) is 1.86. The Bertz CT molecular complexity index is 937. The van der Waals surface area contributed by atoms with Crippen molar-refractivity contribution in [3.63, 3.8) is 0 Å². The van der Waals surface area contributed by atoms with E-state index in [1.807, 2.05) is 0 Å². The molecular weight excluding hydrogens is 402 g/mol. The van der Waals surface area contributed by atoms with Gasteiger partial charge in [-0.25, -0.2) is 21.9 Å². The van der Waals surface area contributed by atoms with Crippen LogP contribution in [0.3, 0.4) is 0 Å². The Kier molecular flexibility index (Phi) is 6.88. The van der Waals surface area contributed by atoms with Crippen LogP contribution in [0.1, 0.15) is 17.3 Å². The Morgan fingerprint density at radius 2 is 1.78 bits per heavy atom. The summed E-state index contributed by atoms with van der Waals surface area (Å²) < 4.78 is 58.2. The highest BCUT2D eigenvalue weighted by molar-refractivity contribution is 7.89. The molecule has 0 spiro atoms. The molecule has 27 heavy (non-hydrogen) atoms. The third-order valence-electron chi connectivity index (χ3n) is 3.45. The summed E-state index contributed by atoms with van der Waals surface area (Å²) in [6, 6.07) is 6.29. The molecule has 2 rings (SSSR count). The minimum atomic E-state index is -3.75. The van der Waals surface area contributed by atoms with E-state index in [1.54, 1.807) is 6.92 Å². The van der Waals surface area contributed by atoms with Crippen LogP contribution in [0.4, 0.5) is 14.5 Å². The summed E-state index contributed by atoms with van der Waals surface area (Å²) >= 11 is 5.76. The lowest BCUT2D eigenvalue weighted by Crippen LogP contribution is -2.35. The molecule has 0 aromatic heterocycles. The molecule has 2 aromatic rings. The predicted molar refractivity (Wildman–Crippen MR) is 97.4 cm³/mol. The van der Waals surface area contributed by atoms with Gasteiger partial charge in [-0.3, -0.25) is 4.79 Å². The Labute approximate surface area is 160 Å². The molecule has 0 unspecified atom stereocenters. The number of nitrogens with one attached hydrogen (secondary N) is 2. The number of hydrogen-bond acceptors (Lipinski definition) is 4. The number of benzene rings is 2. The number of rotatable bonds is 7. The SMILES string of the molecule is COC[C@@H](C)NS(=O)(=O)c1ccc(NC(=O)c2cc(F)c(F)cc2Cl)cc1. The second kappa shape index (κ2) is 8.75. The van der Waals surface area contributed by atoms with Crippen molar-refractivity contribution in [3.8, 4) is 0 Å². The summed E-state index contributed by atoms with van der Waals surface area (Å²) in [5, 5.41) is 2.19. The van der Waals surface area contributed by atoms with E-state index in [-0.39, 0.29) is 27.8 Å². The van der Waals surface area contributed by atoms with Crippen molar-refractivity contribution >= 4 is 33.2 Å². The van der Waals surface area contributed by atoms with Gasteiger partial charge in [0.25, 0.3) is 5.91 Å². The minimum Gasteiger partial charge on any atom is -0.383 e. The smallest absolute Gasteiger partial charge is 0.257 e. The fourth-order valence-electron chi connectivity index (χ4n) is 2.23. The molecule has 0 radical (unpaired) electrons. The van der Waals surface area contributed by atoms with Gasteiger partial charge in [0.05, 0.1) is 22.1 Å². The van der Waals surface area contributed by atoms with Gasteiger partial charge in [-0.05, 0) is 43.3 Å². The summed E-state index contributed by atoms with van der Waals surface area (Å²) in [6.07, 6.45) is 0. The van der Waals surface area contributed by atoms with Gasteiger partial charge in [0.2, 0.25) is 10.0 Å². The molecule has 0 aliphatic rings. The largest absolute Gasteiger partial charge is 0.383 e. The first-order valence-corrected chi connectivity index (χ1v) is 9.57. The number of carbonyl (C=O) groups excluding carboxylic acids is 1. The lowest BCUT2D eigenvalue weighted by atomic mass is 10.2. The molecular formula is C17H17ClF2N2O4S. The average Bonchev–Trinajstić information content (AvgIpc) is 2.58. The van der Waals surface area contributed by atoms with E-state index in [2.05, 4.69) is 10.0 Å². The third kappa shape index (κ3) is 5.46. The van der Waals surface area contributed by atoms with Crippen LogP contribution in [-0.4, -0.2) is 34.1 Å².